The first kappa shape index (κ1) is 19.2. The summed E-state index contributed by atoms with van der Waals surface area (Å²) in [7, 11) is 0. The molecule has 0 aliphatic carbocycles. The number of ketones is 1. The van der Waals surface area contributed by atoms with E-state index in [-0.39, 0.29) is 21.5 Å². The Morgan fingerprint density at radius 1 is 1.19 bits per heavy atom. The van der Waals surface area contributed by atoms with E-state index >= 15 is 0 Å². The lowest BCUT2D eigenvalue weighted by Crippen LogP contribution is -2.13. The number of benzene rings is 2. The van der Waals surface area contributed by atoms with Gasteiger partial charge in [-0.15, -0.1) is 0 Å². The maximum Gasteiger partial charge on any atom is 0.260 e. The highest BCUT2D eigenvalue weighted by Gasteiger charge is 2.18. The van der Waals surface area contributed by atoms with Crippen LogP contribution in [0.4, 0.5) is 9.52 Å². The molecule has 27 heavy (non-hydrogen) atoms. The third-order valence-electron chi connectivity index (χ3n) is 3.93. The van der Waals surface area contributed by atoms with Crippen molar-refractivity contribution >= 4 is 39.8 Å². The van der Waals surface area contributed by atoms with Crippen molar-refractivity contribution in [3.63, 3.8) is 0 Å². The molecular formula is C20H16ClFN2O2S. The second kappa shape index (κ2) is 8.41. The molecule has 1 amide bonds. The molecule has 4 nitrogen and oxygen atoms in total. The van der Waals surface area contributed by atoms with E-state index in [9.17, 15) is 14.0 Å². The van der Waals surface area contributed by atoms with Crippen molar-refractivity contribution in [1.29, 1.82) is 0 Å². The smallest absolute Gasteiger partial charge is 0.260 e. The van der Waals surface area contributed by atoms with Crippen LogP contribution in [-0.2, 0) is 6.42 Å². The normalized spacial score (nSPS) is 10.6. The van der Waals surface area contributed by atoms with Crippen LogP contribution in [0.25, 0.3) is 0 Å². The largest absolute Gasteiger partial charge is 0.298 e. The minimum Gasteiger partial charge on any atom is -0.298 e. The van der Waals surface area contributed by atoms with E-state index < -0.39 is 11.7 Å². The van der Waals surface area contributed by atoms with Crippen molar-refractivity contribution in [3.8, 4) is 0 Å². The van der Waals surface area contributed by atoms with Crippen LogP contribution in [0.3, 0.4) is 0 Å². The second-order valence-corrected chi connectivity index (χ2v) is 7.36. The highest BCUT2D eigenvalue weighted by atomic mass is 35.5. The standard InChI is InChI=1S/C20H16ClFN2O2S/c1-12-18(17(25)10-7-13-5-3-2-4-6-13)27-20(23-12)24-19(26)15-11-14(21)8-9-16(15)22/h2-6,8-9,11H,7,10H2,1H3,(H,23,24,26). The molecule has 0 aliphatic rings. The van der Waals surface area contributed by atoms with E-state index in [0.29, 0.717) is 23.4 Å². The Morgan fingerprint density at radius 2 is 1.93 bits per heavy atom. The van der Waals surface area contributed by atoms with Gasteiger partial charge in [0.05, 0.1) is 16.1 Å². The van der Waals surface area contributed by atoms with Crippen LogP contribution in [0.1, 0.15) is 37.7 Å². The molecule has 0 fully saturated rings. The molecule has 0 bridgehead atoms. The minimum atomic E-state index is -0.677. The summed E-state index contributed by atoms with van der Waals surface area (Å²) in [6.07, 6.45) is 0.982. The highest BCUT2D eigenvalue weighted by Crippen LogP contribution is 2.25. The topological polar surface area (TPSA) is 59.1 Å². The summed E-state index contributed by atoms with van der Waals surface area (Å²) in [6, 6.07) is 13.5. The van der Waals surface area contributed by atoms with Gasteiger partial charge in [-0.25, -0.2) is 9.37 Å². The maximum absolute atomic E-state index is 13.8. The maximum atomic E-state index is 13.8. The number of carbonyl (C=O) groups is 2. The van der Waals surface area contributed by atoms with Gasteiger partial charge in [-0.1, -0.05) is 53.3 Å². The second-order valence-electron chi connectivity index (χ2n) is 5.92. The highest BCUT2D eigenvalue weighted by molar-refractivity contribution is 7.17. The Kier molecular flexibility index (Phi) is 5.98. The Balaban J connectivity index is 1.69. The number of carbonyl (C=O) groups excluding carboxylic acids is 2. The predicted molar refractivity (Wildman–Crippen MR) is 105 cm³/mol. The third-order valence-corrected chi connectivity index (χ3v) is 5.28. The number of aryl methyl sites for hydroxylation is 2. The molecule has 2 aromatic carbocycles. The van der Waals surface area contributed by atoms with E-state index in [2.05, 4.69) is 10.3 Å². The Hall–Kier alpha value is -2.57. The van der Waals surface area contributed by atoms with Gasteiger partial charge in [0, 0.05) is 11.4 Å². The summed E-state index contributed by atoms with van der Waals surface area (Å²) in [5.74, 6) is -1.38. The first-order valence-electron chi connectivity index (χ1n) is 8.25. The fraction of sp³-hybridized carbons (Fsp3) is 0.150. The number of anilines is 1. The van der Waals surface area contributed by atoms with Crippen molar-refractivity contribution in [2.45, 2.75) is 19.8 Å². The van der Waals surface area contributed by atoms with Crippen LogP contribution in [0.5, 0.6) is 0 Å². The minimum absolute atomic E-state index is 0.0386. The number of hydrogen-bond acceptors (Lipinski definition) is 4. The summed E-state index contributed by atoms with van der Waals surface area (Å²) >= 11 is 6.90. The summed E-state index contributed by atoms with van der Waals surface area (Å²) in [5, 5.41) is 3.04. The SMILES string of the molecule is Cc1nc(NC(=O)c2cc(Cl)ccc2F)sc1C(=O)CCc1ccccc1. The molecule has 138 valence electrons. The van der Waals surface area contributed by atoms with Crippen LogP contribution in [0.2, 0.25) is 5.02 Å². The molecule has 0 aliphatic heterocycles. The summed E-state index contributed by atoms with van der Waals surface area (Å²) in [6.45, 7) is 1.71. The molecule has 3 rings (SSSR count). The van der Waals surface area contributed by atoms with E-state index in [0.717, 1.165) is 23.0 Å². The van der Waals surface area contributed by atoms with Crippen molar-refractivity contribution in [2.24, 2.45) is 0 Å². The first-order valence-corrected chi connectivity index (χ1v) is 9.44. The summed E-state index contributed by atoms with van der Waals surface area (Å²) in [4.78, 5) is 29.5. The molecule has 0 unspecified atom stereocenters. The number of rotatable bonds is 6. The van der Waals surface area contributed by atoms with E-state index in [1.807, 2.05) is 30.3 Å². The lowest BCUT2D eigenvalue weighted by Gasteiger charge is -2.03. The molecule has 0 saturated heterocycles. The lowest BCUT2D eigenvalue weighted by atomic mass is 10.1. The zero-order chi connectivity index (χ0) is 19.4. The molecule has 0 radical (unpaired) electrons. The van der Waals surface area contributed by atoms with Crippen molar-refractivity contribution in [1.82, 2.24) is 4.98 Å². The fourth-order valence-electron chi connectivity index (χ4n) is 2.56. The predicted octanol–water partition coefficient (Wildman–Crippen LogP) is 5.31. The van der Waals surface area contributed by atoms with E-state index in [1.165, 1.54) is 12.1 Å². The van der Waals surface area contributed by atoms with Crippen LogP contribution >= 0.6 is 22.9 Å². The number of nitrogens with one attached hydrogen (secondary N) is 1. The number of nitrogens with zero attached hydrogens (tertiary/aromatic N) is 1. The van der Waals surface area contributed by atoms with Gasteiger partial charge in [-0.05, 0) is 37.1 Å². The van der Waals surface area contributed by atoms with E-state index in [4.69, 9.17) is 11.6 Å². The quantitative estimate of drug-likeness (QED) is 0.568. The molecule has 0 atom stereocenters. The number of Topliss-reactive ketones (excluding diaryl/α,β-unsaturated/α-hetero) is 1. The van der Waals surface area contributed by atoms with Gasteiger partial charge < -0.3 is 0 Å². The Bertz CT molecular complexity index is 989. The Labute approximate surface area is 165 Å². The molecule has 1 aromatic heterocycles. The number of hydrogen-bond donors (Lipinski definition) is 1. The molecule has 3 aromatic rings. The third kappa shape index (κ3) is 4.78. The summed E-state index contributed by atoms with van der Waals surface area (Å²) in [5.41, 5.74) is 1.45. The molecule has 1 N–H and O–H groups in total. The fourth-order valence-corrected chi connectivity index (χ4v) is 3.66. The lowest BCUT2D eigenvalue weighted by molar-refractivity contribution is 0.0984. The van der Waals surface area contributed by atoms with Gasteiger partial charge >= 0.3 is 0 Å². The number of aromatic nitrogens is 1. The van der Waals surface area contributed by atoms with Crippen LogP contribution < -0.4 is 5.32 Å². The number of amides is 1. The van der Waals surface area contributed by atoms with Crippen molar-refractivity contribution < 1.29 is 14.0 Å². The first-order chi connectivity index (χ1) is 12.9. The molecule has 0 saturated carbocycles. The van der Waals surface area contributed by atoms with Gasteiger partial charge in [-0.2, -0.15) is 0 Å². The molecule has 0 spiro atoms. The Morgan fingerprint density at radius 3 is 2.67 bits per heavy atom. The van der Waals surface area contributed by atoms with Gasteiger partial charge in [0.1, 0.15) is 5.82 Å². The molecule has 1 heterocycles. The van der Waals surface area contributed by atoms with Gasteiger partial charge in [0.2, 0.25) is 0 Å². The van der Waals surface area contributed by atoms with Crippen molar-refractivity contribution in [3.05, 3.63) is 81.1 Å². The monoisotopic (exact) mass is 402 g/mol. The zero-order valence-corrected chi connectivity index (χ0v) is 16.0. The van der Waals surface area contributed by atoms with Crippen LogP contribution in [-0.4, -0.2) is 16.7 Å². The zero-order valence-electron chi connectivity index (χ0n) is 14.5. The van der Waals surface area contributed by atoms with Gasteiger partial charge in [0.15, 0.2) is 10.9 Å². The number of halogens is 2. The molecule has 7 heteroatoms. The number of thiazole rings is 1. The van der Waals surface area contributed by atoms with Crippen LogP contribution in [0.15, 0.2) is 48.5 Å². The van der Waals surface area contributed by atoms with Gasteiger partial charge in [0.25, 0.3) is 5.91 Å². The van der Waals surface area contributed by atoms with Crippen LogP contribution in [0, 0.1) is 12.7 Å². The van der Waals surface area contributed by atoms with Gasteiger partial charge in [-0.3, -0.25) is 14.9 Å². The average Bonchev–Trinajstić information content (AvgIpc) is 3.02. The average molecular weight is 403 g/mol. The molecular weight excluding hydrogens is 387 g/mol. The summed E-state index contributed by atoms with van der Waals surface area (Å²) < 4.78 is 13.8. The van der Waals surface area contributed by atoms with Crippen molar-refractivity contribution in [2.75, 3.05) is 5.32 Å². The van der Waals surface area contributed by atoms with E-state index in [1.54, 1.807) is 6.92 Å².